The van der Waals surface area contributed by atoms with Gasteiger partial charge in [-0.25, -0.2) is 18.4 Å². The SMILES string of the molecule is Cn1cnc(N2CCc3c2cc(O)c(N2CC(=O)NS2(=O)=O)c3F)n1. The van der Waals surface area contributed by atoms with Gasteiger partial charge < -0.3 is 10.0 Å². The summed E-state index contributed by atoms with van der Waals surface area (Å²) in [5, 5.41) is 14.4. The molecule has 1 aromatic heterocycles. The van der Waals surface area contributed by atoms with Crippen molar-refractivity contribution in [3.8, 4) is 5.75 Å². The first-order chi connectivity index (χ1) is 11.8. The third kappa shape index (κ3) is 2.28. The maximum absolute atomic E-state index is 15.0. The smallest absolute Gasteiger partial charge is 0.326 e. The van der Waals surface area contributed by atoms with Gasteiger partial charge in [0, 0.05) is 25.2 Å². The molecular weight excluding hydrogens is 355 g/mol. The van der Waals surface area contributed by atoms with Crippen LogP contribution in [0.2, 0.25) is 0 Å². The van der Waals surface area contributed by atoms with Crippen molar-refractivity contribution in [1.82, 2.24) is 19.5 Å². The first kappa shape index (κ1) is 15.6. The molecule has 0 bridgehead atoms. The number of hydrogen-bond donors (Lipinski definition) is 2. The summed E-state index contributed by atoms with van der Waals surface area (Å²) in [7, 11) is -2.53. The van der Waals surface area contributed by atoms with Crippen LogP contribution in [0.3, 0.4) is 0 Å². The molecule has 12 heteroatoms. The van der Waals surface area contributed by atoms with Crippen molar-refractivity contribution in [3.63, 3.8) is 0 Å². The molecule has 0 unspecified atom stereocenters. The number of hydrogen-bond acceptors (Lipinski definition) is 7. The molecule has 10 nitrogen and oxygen atoms in total. The summed E-state index contributed by atoms with van der Waals surface area (Å²) >= 11 is 0. The van der Waals surface area contributed by atoms with E-state index in [2.05, 4.69) is 10.1 Å². The summed E-state index contributed by atoms with van der Waals surface area (Å²) in [6.45, 7) is -0.208. The molecule has 4 rings (SSSR count). The number of aromatic hydroxyl groups is 1. The van der Waals surface area contributed by atoms with E-state index < -0.39 is 39.9 Å². The number of benzene rings is 1. The van der Waals surface area contributed by atoms with Gasteiger partial charge in [-0.05, 0) is 6.42 Å². The van der Waals surface area contributed by atoms with Gasteiger partial charge in [-0.3, -0.25) is 9.48 Å². The molecule has 1 aromatic carbocycles. The minimum absolute atomic E-state index is 0.231. The Kier molecular flexibility index (Phi) is 3.16. The second kappa shape index (κ2) is 5.05. The number of carbonyl (C=O) groups is 1. The van der Waals surface area contributed by atoms with Crippen LogP contribution in [-0.4, -0.2) is 47.3 Å². The van der Waals surface area contributed by atoms with Gasteiger partial charge in [-0.15, -0.1) is 5.10 Å². The summed E-state index contributed by atoms with van der Waals surface area (Å²) in [5.74, 6) is -1.91. The predicted octanol–water partition coefficient (Wildman–Crippen LogP) is -0.465. The summed E-state index contributed by atoms with van der Waals surface area (Å²) in [6, 6.07) is 1.26. The first-order valence-electron chi connectivity index (χ1n) is 7.29. The molecular formula is C13H13FN6O4S. The fourth-order valence-electron chi connectivity index (χ4n) is 3.02. The minimum atomic E-state index is -4.22. The first-order valence-corrected chi connectivity index (χ1v) is 8.73. The van der Waals surface area contributed by atoms with Crippen LogP contribution in [0.1, 0.15) is 5.56 Å². The summed E-state index contributed by atoms with van der Waals surface area (Å²) in [5.41, 5.74) is 0.0589. The molecule has 1 saturated heterocycles. The van der Waals surface area contributed by atoms with Crippen molar-refractivity contribution >= 4 is 33.4 Å². The predicted molar refractivity (Wildman–Crippen MR) is 84.2 cm³/mol. The van der Waals surface area contributed by atoms with E-state index in [0.29, 0.717) is 22.5 Å². The molecule has 2 aliphatic heterocycles. The highest BCUT2D eigenvalue weighted by Gasteiger charge is 2.39. The number of fused-ring (bicyclic) bond motifs is 1. The van der Waals surface area contributed by atoms with Gasteiger partial charge in [0.05, 0.1) is 5.69 Å². The molecule has 1 fully saturated rings. The van der Waals surface area contributed by atoms with Gasteiger partial charge in [0.1, 0.15) is 24.3 Å². The molecule has 0 spiro atoms. The van der Waals surface area contributed by atoms with E-state index in [0.717, 1.165) is 0 Å². The molecule has 0 aliphatic carbocycles. The topological polar surface area (TPSA) is 121 Å². The van der Waals surface area contributed by atoms with Crippen molar-refractivity contribution in [2.24, 2.45) is 7.05 Å². The minimum Gasteiger partial charge on any atom is -0.506 e. The van der Waals surface area contributed by atoms with Crippen LogP contribution in [0.4, 0.5) is 21.7 Å². The Balaban J connectivity index is 1.83. The monoisotopic (exact) mass is 368 g/mol. The lowest BCUT2D eigenvalue weighted by Crippen LogP contribution is -2.30. The van der Waals surface area contributed by atoms with E-state index in [4.69, 9.17) is 0 Å². The van der Waals surface area contributed by atoms with Crippen molar-refractivity contribution < 1.29 is 22.7 Å². The van der Waals surface area contributed by atoms with E-state index in [1.54, 1.807) is 16.7 Å². The van der Waals surface area contributed by atoms with Crippen molar-refractivity contribution in [1.29, 1.82) is 0 Å². The highest BCUT2D eigenvalue weighted by atomic mass is 32.2. The average molecular weight is 368 g/mol. The van der Waals surface area contributed by atoms with Gasteiger partial charge in [0.2, 0.25) is 5.95 Å². The molecule has 1 amide bonds. The van der Waals surface area contributed by atoms with E-state index in [-0.39, 0.29) is 12.0 Å². The van der Waals surface area contributed by atoms with Gasteiger partial charge >= 0.3 is 10.2 Å². The number of aryl methyl sites for hydroxylation is 1. The summed E-state index contributed by atoms with van der Waals surface area (Å²) < 4.78 is 42.6. The maximum Gasteiger partial charge on any atom is 0.326 e. The normalized spacial score (nSPS) is 18.6. The van der Waals surface area contributed by atoms with Crippen molar-refractivity contribution in [3.05, 3.63) is 23.8 Å². The fourth-order valence-corrected chi connectivity index (χ4v) is 4.18. The standard InChI is InChI=1S/C13H13FN6O4S/c1-18-6-15-13(16-18)19-3-2-7-8(19)4-9(21)12(11(7)14)20-5-10(22)17-25(20,23)24/h4,6,21H,2-3,5H2,1H3,(H,17,22). The number of nitrogens with zero attached hydrogens (tertiary/aromatic N) is 5. The van der Waals surface area contributed by atoms with Crippen LogP contribution in [0.25, 0.3) is 0 Å². The van der Waals surface area contributed by atoms with Gasteiger partial charge in [-0.2, -0.15) is 8.42 Å². The van der Waals surface area contributed by atoms with Crippen LogP contribution in [0.5, 0.6) is 5.75 Å². The van der Waals surface area contributed by atoms with Crippen molar-refractivity contribution in [2.75, 3.05) is 22.3 Å². The largest absolute Gasteiger partial charge is 0.506 e. The number of phenols is 1. The lowest BCUT2D eigenvalue weighted by Gasteiger charge is -2.20. The Morgan fingerprint density at radius 3 is 2.76 bits per heavy atom. The van der Waals surface area contributed by atoms with Crippen LogP contribution in [-0.2, 0) is 28.5 Å². The van der Waals surface area contributed by atoms with E-state index in [9.17, 15) is 22.7 Å². The van der Waals surface area contributed by atoms with Gasteiger partial charge in [0.25, 0.3) is 5.91 Å². The second-order valence-corrected chi connectivity index (χ2v) is 7.31. The zero-order valence-corrected chi connectivity index (χ0v) is 13.8. The summed E-state index contributed by atoms with van der Waals surface area (Å²) in [6.07, 6.45) is 1.77. The van der Waals surface area contributed by atoms with Crippen LogP contribution >= 0.6 is 0 Å². The molecule has 0 radical (unpaired) electrons. The Bertz CT molecular complexity index is 1000. The Labute approximate surface area is 141 Å². The van der Waals surface area contributed by atoms with E-state index in [1.165, 1.54) is 17.1 Å². The van der Waals surface area contributed by atoms with Crippen LogP contribution < -0.4 is 13.9 Å². The zero-order chi connectivity index (χ0) is 17.9. The number of nitrogens with one attached hydrogen (secondary N) is 1. The lowest BCUT2D eigenvalue weighted by atomic mass is 10.1. The molecule has 3 heterocycles. The maximum atomic E-state index is 15.0. The van der Waals surface area contributed by atoms with Crippen molar-refractivity contribution in [2.45, 2.75) is 6.42 Å². The quantitative estimate of drug-likeness (QED) is 0.735. The van der Waals surface area contributed by atoms with Crippen LogP contribution in [0.15, 0.2) is 12.4 Å². The zero-order valence-electron chi connectivity index (χ0n) is 13.0. The molecule has 2 N–H and O–H groups in total. The lowest BCUT2D eigenvalue weighted by molar-refractivity contribution is -0.117. The highest BCUT2D eigenvalue weighted by molar-refractivity contribution is 7.92. The third-order valence-electron chi connectivity index (χ3n) is 4.07. The number of aromatic nitrogens is 3. The Hall–Kier alpha value is -2.89. The molecule has 2 aliphatic rings. The number of phenolic OH excluding ortho intramolecular Hbond substituents is 1. The number of carbonyl (C=O) groups excluding carboxylic acids is 1. The Morgan fingerprint density at radius 2 is 2.16 bits per heavy atom. The number of halogens is 1. The molecule has 0 saturated carbocycles. The van der Waals surface area contributed by atoms with E-state index in [1.807, 2.05) is 0 Å². The van der Waals surface area contributed by atoms with Gasteiger partial charge in [0.15, 0.2) is 5.82 Å². The molecule has 2 aromatic rings. The molecule has 132 valence electrons. The average Bonchev–Trinajstić information content (AvgIpc) is 3.17. The molecule has 25 heavy (non-hydrogen) atoms. The number of anilines is 3. The number of rotatable bonds is 2. The fraction of sp³-hybridized carbons (Fsp3) is 0.308. The molecule has 0 atom stereocenters. The van der Waals surface area contributed by atoms with E-state index >= 15 is 0 Å². The second-order valence-electron chi connectivity index (χ2n) is 5.71. The van der Waals surface area contributed by atoms with Crippen LogP contribution in [0, 0.1) is 5.82 Å². The Morgan fingerprint density at radius 1 is 1.40 bits per heavy atom. The van der Waals surface area contributed by atoms with Gasteiger partial charge in [-0.1, -0.05) is 0 Å². The highest BCUT2D eigenvalue weighted by Crippen LogP contribution is 2.44. The summed E-state index contributed by atoms with van der Waals surface area (Å²) in [4.78, 5) is 17.1. The number of amides is 1. The third-order valence-corrected chi connectivity index (χ3v) is 5.45.